The molecule has 1 aromatic carbocycles. The molecule has 0 aliphatic carbocycles. The number of nitrogens with zero attached hydrogens (tertiary/aromatic N) is 1. The third-order valence-electron chi connectivity index (χ3n) is 6.02. The number of hydrogen-bond acceptors (Lipinski definition) is 4. The summed E-state index contributed by atoms with van der Waals surface area (Å²) in [6.45, 7) is 17.1. The smallest absolute Gasteiger partial charge is 0.408 e. The van der Waals surface area contributed by atoms with E-state index in [-0.39, 0.29) is 23.9 Å². The van der Waals surface area contributed by atoms with Crippen LogP contribution in [0.15, 0.2) is 24.3 Å². The van der Waals surface area contributed by atoms with E-state index in [4.69, 9.17) is 11.2 Å². The van der Waals surface area contributed by atoms with Gasteiger partial charge in [-0.25, -0.2) is 4.79 Å². The molecule has 3 amide bonds. The lowest BCUT2D eigenvalue weighted by Crippen LogP contribution is -2.55. The van der Waals surface area contributed by atoms with Gasteiger partial charge in [0, 0.05) is 17.6 Å². The van der Waals surface area contributed by atoms with Crippen molar-refractivity contribution in [3.63, 3.8) is 0 Å². The molecule has 0 heterocycles. The Kier molecular flexibility index (Phi) is 12.7. The number of ether oxygens (including phenoxy) is 1. The van der Waals surface area contributed by atoms with Gasteiger partial charge in [-0.3, -0.25) is 9.59 Å². The van der Waals surface area contributed by atoms with Crippen LogP contribution in [0, 0.1) is 18.3 Å². The van der Waals surface area contributed by atoms with Gasteiger partial charge in [-0.15, -0.1) is 6.42 Å². The maximum Gasteiger partial charge on any atom is 0.408 e. The third-order valence-corrected chi connectivity index (χ3v) is 6.02. The molecule has 2 N–H and O–H groups in total. The number of amides is 3. The van der Waals surface area contributed by atoms with Crippen LogP contribution in [0.4, 0.5) is 4.79 Å². The van der Waals surface area contributed by atoms with Crippen LogP contribution in [0.5, 0.6) is 0 Å². The van der Waals surface area contributed by atoms with Crippen molar-refractivity contribution < 1.29 is 19.1 Å². The fourth-order valence-corrected chi connectivity index (χ4v) is 4.11. The zero-order chi connectivity index (χ0) is 28.3. The summed E-state index contributed by atoms with van der Waals surface area (Å²) in [7, 11) is 0. The standard InChI is InChI=1S/C30H47N3O4/c1-11-13-21(5)31-27(34)26(25-18-16-24(12-2)17-19-25)33(22(6)15-14-20(3)4)28(35)23(7)32-29(36)37-30(8,9)10/h2,16-23,26H,11,13-15H2,1,3-10H3,(H,31,34)(H,32,36). The van der Waals surface area contributed by atoms with E-state index in [1.165, 1.54) is 0 Å². The molecule has 0 spiro atoms. The van der Waals surface area contributed by atoms with Gasteiger partial charge in [0.2, 0.25) is 11.8 Å². The molecule has 4 unspecified atom stereocenters. The summed E-state index contributed by atoms with van der Waals surface area (Å²) in [4.78, 5) is 41.7. The lowest BCUT2D eigenvalue weighted by Gasteiger charge is -2.38. The summed E-state index contributed by atoms with van der Waals surface area (Å²) < 4.78 is 5.36. The van der Waals surface area contributed by atoms with Gasteiger partial charge >= 0.3 is 6.09 Å². The van der Waals surface area contributed by atoms with Crippen molar-refractivity contribution >= 4 is 17.9 Å². The van der Waals surface area contributed by atoms with Gasteiger partial charge in [0.15, 0.2) is 0 Å². The first-order valence-corrected chi connectivity index (χ1v) is 13.4. The van der Waals surface area contributed by atoms with E-state index in [0.717, 1.165) is 19.3 Å². The van der Waals surface area contributed by atoms with Crippen molar-refractivity contribution in [2.45, 2.75) is 118 Å². The first-order chi connectivity index (χ1) is 17.2. The maximum atomic E-state index is 13.9. The van der Waals surface area contributed by atoms with Gasteiger partial charge in [-0.05, 0) is 84.4 Å². The first kappa shape index (κ1) is 32.0. The SMILES string of the molecule is C#Cc1ccc(C(C(=O)NC(C)CCC)N(C(=O)C(C)NC(=O)OC(C)(C)C)C(C)CCC(C)C)cc1. The van der Waals surface area contributed by atoms with Crippen LogP contribution < -0.4 is 10.6 Å². The van der Waals surface area contributed by atoms with E-state index in [1.54, 1.807) is 56.9 Å². The fourth-order valence-electron chi connectivity index (χ4n) is 4.11. The predicted molar refractivity (Wildman–Crippen MR) is 149 cm³/mol. The number of benzene rings is 1. The Labute approximate surface area is 224 Å². The van der Waals surface area contributed by atoms with Crippen LogP contribution in [-0.2, 0) is 14.3 Å². The van der Waals surface area contributed by atoms with Gasteiger partial charge in [-0.1, -0.05) is 45.2 Å². The number of nitrogens with one attached hydrogen (secondary N) is 2. The quantitative estimate of drug-likeness (QED) is 0.357. The molecule has 0 aromatic heterocycles. The summed E-state index contributed by atoms with van der Waals surface area (Å²) in [5.41, 5.74) is 0.649. The zero-order valence-corrected chi connectivity index (χ0v) is 24.2. The molecule has 37 heavy (non-hydrogen) atoms. The lowest BCUT2D eigenvalue weighted by atomic mass is 9.96. The third kappa shape index (κ3) is 10.9. The number of hydrogen-bond donors (Lipinski definition) is 2. The summed E-state index contributed by atoms with van der Waals surface area (Å²) in [5, 5.41) is 5.74. The Balaban J connectivity index is 3.48. The lowest BCUT2D eigenvalue weighted by molar-refractivity contribution is -0.145. The van der Waals surface area contributed by atoms with Gasteiger partial charge in [0.1, 0.15) is 17.7 Å². The van der Waals surface area contributed by atoms with Crippen molar-refractivity contribution in [2.24, 2.45) is 5.92 Å². The molecule has 1 rings (SSSR count). The molecule has 1 aromatic rings. The number of carbonyl (C=O) groups is 3. The minimum absolute atomic E-state index is 0.0507. The molecule has 0 fully saturated rings. The highest BCUT2D eigenvalue weighted by Gasteiger charge is 2.37. The van der Waals surface area contributed by atoms with Crippen LogP contribution >= 0.6 is 0 Å². The average molecular weight is 514 g/mol. The van der Waals surface area contributed by atoms with E-state index in [2.05, 4.69) is 37.3 Å². The second kappa shape index (κ2) is 14.7. The molecule has 7 nitrogen and oxygen atoms in total. The molecule has 0 bridgehead atoms. The van der Waals surface area contributed by atoms with Crippen molar-refractivity contribution in [1.29, 1.82) is 0 Å². The molecule has 4 atom stereocenters. The Morgan fingerprint density at radius 2 is 1.57 bits per heavy atom. The van der Waals surface area contributed by atoms with Gasteiger partial charge in [0.25, 0.3) is 0 Å². The topological polar surface area (TPSA) is 87.7 Å². The Hall–Kier alpha value is -3.01. The van der Waals surface area contributed by atoms with Crippen LogP contribution in [-0.4, -0.2) is 46.5 Å². The number of terminal acetylenes is 1. The van der Waals surface area contributed by atoms with Crippen molar-refractivity contribution in [3.8, 4) is 12.3 Å². The second-order valence-corrected chi connectivity index (χ2v) is 11.3. The Morgan fingerprint density at radius 1 is 0.973 bits per heavy atom. The van der Waals surface area contributed by atoms with Gasteiger partial charge < -0.3 is 20.3 Å². The highest BCUT2D eigenvalue weighted by atomic mass is 16.6. The summed E-state index contributed by atoms with van der Waals surface area (Å²) in [5.74, 6) is 2.41. The predicted octanol–water partition coefficient (Wildman–Crippen LogP) is 5.58. The number of carbonyl (C=O) groups excluding carboxylic acids is 3. The Morgan fingerprint density at radius 3 is 2.05 bits per heavy atom. The van der Waals surface area contributed by atoms with Crippen LogP contribution in [0.25, 0.3) is 0 Å². The average Bonchev–Trinajstić information content (AvgIpc) is 2.79. The van der Waals surface area contributed by atoms with Crippen LogP contribution in [0.1, 0.15) is 105 Å². The van der Waals surface area contributed by atoms with E-state index in [1.807, 2.05) is 13.8 Å². The zero-order valence-electron chi connectivity index (χ0n) is 24.2. The molecular formula is C30H47N3O4. The molecular weight excluding hydrogens is 466 g/mol. The normalized spacial score (nSPS) is 14.6. The molecule has 206 valence electrons. The molecule has 7 heteroatoms. The van der Waals surface area contributed by atoms with Crippen LogP contribution in [0.2, 0.25) is 0 Å². The van der Waals surface area contributed by atoms with E-state index >= 15 is 0 Å². The molecule has 0 aliphatic heterocycles. The highest BCUT2D eigenvalue weighted by Crippen LogP contribution is 2.28. The van der Waals surface area contributed by atoms with Gasteiger partial charge in [-0.2, -0.15) is 0 Å². The Bertz CT molecular complexity index is 928. The summed E-state index contributed by atoms with van der Waals surface area (Å²) in [6, 6.07) is 5.04. The molecule has 0 saturated heterocycles. The monoisotopic (exact) mass is 513 g/mol. The van der Waals surface area contributed by atoms with E-state index < -0.39 is 23.8 Å². The van der Waals surface area contributed by atoms with E-state index in [0.29, 0.717) is 23.5 Å². The molecule has 0 aliphatic rings. The number of rotatable bonds is 12. The van der Waals surface area contributed by atoms with Crippen molar-refractivity contribution in [2.75, 3.05) is 0 Å². The fraction of sp³-hybridized carbons (Fsp3) is 0.633. The van der Waals surface area contributed by atoms with E-state index in [9.17, 15) is 14.4 Å². The summed E-state index contributed by atoms with van der Waals surface area (Å²) in [6.07, 6.45) is 8.20. The second-order valence-electron chi connectivity index (χ2n) is 11.3. The number of alkyl carbamates (subject to hydrolysis) is 1. The minimum atomic E-state index is -0.898. The molecule has 0 radical (unpaired) electrons. The highest BCUT2D eigenvalue weighted by molar-refractivity contribution is 5.92. The molecule has 0 saturated carbocycles. The largest absolute Gasteiger partial charge is 0.444 e. The van der Waals surface area contributed by atoms with Crippen molar-refractivity contribution in [3.05, 3.63) is 35.4 Å². The van der Waals surface area contributed by atoms with Crippen LogP contribution in [0.3, 0.4) is 0 Å². The maximum absolute atomic E-state index is 13.9. The summed E-state index contributed by atoms with van der Waals surface area (Å²) >= 11 is 0. The van der Waals surface area contributed by atoms with Gasteiger partial charge in [0.05, 0.1) is 0 Å². The van der Waals surface area contributed by atoms with Crippen molar-refractivity contribution in [1.82, 2.24) is 15.5 Å². The first-order valence-electron chi connectivity index (χ1n) is 13.4. The minimum Gasteiger partial charge on any atom is -0.444 e.